The maximum Gasteiger partial charge on any atom is 0.307 e. The second-order valence-corrected chi connectivity index (χ2v) is 6.55. The quantitative estimate of drug-likeness (QED) is 0.798. The van der Waals surface area contributed by atoms with Crippen LogP contribution in [0.1, 0.15) is 24.3 Å². The number of nitrogens with one attached hydrogen (secondary N) is 1. The second-order valence-electron chi connectivity index (χ2n) is 4.79. The van der Waals surface area contributed by atoms with Gasteiger partial charge in [0.05, 0.1) is 18.2 Å². The zero-order chi connectivity index (χ0) is 14.8. The second kappa shape index (κ2) is 5.90. The first-order valence-corrected chi connectivity index (χ1v) is 7.72. The Bertz CT molecular complexity index is 583. The number of aromatic nitrogens is 1. The third-order valence-corrected chi connectivity index (χ3v) is 4.71. The smallest absolute Gasteiger partial charge is 0.307 e. The highest BCUT2D eigenvalue weighted by Gasteiger charge is 2.32. The molecule has 0 amide bonds. The Kier molecular flexibility index (Phi) is 4.41. The molecule has 2 N–H and O–H groups in total. The van der Waals surface area contributed by atoms with Crippen molar-refractivity contribution in [1.82, 2.24) is 14.2 Å². The molecule has 112 valence electrons. The molecule has 0 aliphatic carbocycles. The molecule has 0 aromatic carbocycles. The predicted octanol–water partition coefficient (Wildman–Crippen LogP) is 0.114. The summed E-state index contributed by atoms with van der Waals surface area (Å²) in [6, 6.07) is 1.64. The van der Waals surface area contributed by atoms with E-state index in [1.54, 1.807) is 13.0 Å². The highest BCUT2D eigenvalue weighted by molar-refractivity contribution is 7.87. The van der Waals surface area contributed by atoms with E-state index in [1.807, 2.05) is 0 Å². The minimum atomic E-state index is -3.70. The van der Waals surface area contributed by atoms with Gasteiger partial charge in [-0.05, 0) is 19.8 Å². The van der Waals surface area contributed by atoms with Crippen LogP contribution in [-0.2, 0) is 21.5 Å². The fraction of sp³-hybridized carbons (Fsp3) is 0.636. The highest BCUT2D eigenvalue weighted by atomic mass is 32.2. The van der Waals surface area contributed by atoms with Gasteiger partial charge in [0.25, 0.3) is 10.2 Å². The Balaban J connectivity index is 1.97. The lowest BCUT2D eigenvalue weighted by Crippen LogP contribution is -2.47. The van der Waals surface area contributed by atoms with Crippen molar-refractivity contribution in [3.8, 4) is 0 Å². The molecule has 1 aliphatic rings. The third kappa shape index (κ3) is 3.56. The van der Waals surface area contributed by atoms with Crippen LogP contribution in [0.5, 0.6) is 0 Å². The van der Waals surface area contributed by atoms with Gasteiger partial charge >= 0.3 is 5.97 Å². The molecule has 20 heavy (non-hydrogen) atoms. The van der Waals surface area contributed by atoms with E-state index in [1.165, 1.54) is 4.31 Å². The summed E-state index contributed by atoms with van der Waals surface area (Å²) in [4.78, 5) is 10.9. The Morgan fingerprint density at radius 1 is 1.65 bits per heavy atom. The number of carboxylic acid groups (broad SMARTS) is 1. The number of nitrogens with zero attached hydrogens (tertiary/aromatic N) is 2. The van der Waals surface area contributed by atoms with Crippen LogP contribution in [0.4, 0.5) is 0 Å². The zero-order valence-corrected chi connectivity index (χ0v) is 11.9. The van der Waals surface area contributed by atoms with Crippen LogP contribution in [0.2, 0.25) is 0 Å². The molecule has 1 aromatic rings. The van der Waals surface area contributed by atoms with E-state index in [0.717, 1.165) is 0 Å². The first-order valence-electron chi connectivity index (χ1n) is 6.28. The van der Waals surface area contributed by atoms with Gasteiger partial charge in [-0.25, -0.2) is 0 Å². The van der Waals surface area contributed by atoms with Crippen molar-refractivity contribution in [3.05, 3.63) is 17.5 Å². The molecule has 1 fully saturated rings. The average Bonchev–Trinajstić information content (AvgIpc) is 2.82. The molecule has 8 nitrogen and oxygen atoms in total. The summed E-state index contributed by atoms with van der Waals surface area (Å²) in [5, 5.41) is 12.7. The summed E-state index contributed by atoms with van der Waals surface area (Å²) in [6.07, 6.45) is 1.05. The van der Waals surface area contributed by atoms with Crippen molar-refractivity contribution in [3.63, 3.8) is 0 Å². The molecule has 1 saturated heterocycles. The van der Waals surface area contributed by atoms with E-state index in [2.05, 4.69) is 9.88 Å². The van der Waals surface area contributed by atoms with Crippen molar-refractivity contribution in [1.29, 1.82) is 0 Å². The highest BCUT2D eigenvalue weighted by Crippen LogP contribution is 2.18. The van der Waals surface area contributed by atoms with Gasteiger partial charge < -0.3 is 9.63 Å². The van der Waals surface area contributed by atoms with E-state index in [-0.39, 0.29) is 13.1 Å². The molecular weight excluding hydrogens is 286 g/mol. The van der Waals surface area contributed by atoms with E-state index in [0.29, 0.717) is 30.8 Å². The van der Waals surface area contributed by atoms with Crippen LogP contribution in [0.25, 0.3) is 0 Å². The Morgan fingerprint density at radius 3 is 3.00 bits per heavy atom. The summed E-state index contributed by atoms with van der Waals surface area (Å²) >= 11 is 0. The summed E-state index contributed by atoms with van der Waals surface area (Å²) in [5.74, 6) is -1.00. The van der Waals surface area contributed by atoms with Crippen LogP contribution >= 0.6 is 0 Å². The van der Waals surface area contributed by atoms with Crippen LogP contribution < -0.4 is 4.72 Å². The molecule has 0 bridgehead atoms. The Hall–Kier alpha value is -1.45. The van der Waals surface area contributed by atoms with Crippen LogP contribution in [0, 0.1) is 12.8 Å². The van der Waals surface area contributed by atoms with Crippen LogP contribution in [0.15, 0.2) is 10.6 Å². The van der Waals surface area contributed by atoms with Crippen LogP contribution in [-0.4, -0.2) is 42.0 Å². The Morgan fingerprint density at radius 2 is 2.40 bits per heavy atom. The van der Waals surface area contributed by atoms with Gasteiger partial charge in [0.2, 0.25) is 0 Å². The largest absolute Gasteiger partial charge is 0.481 e. The number of carbonyl (C=O) groups is 1. The maximum absolute atomic E-state index is 12.1. The molecule has 0 radical (unpaired) electrons. The fourth-order valence-corrected chi connectivity index (χ4v) is 3.38. The summed E-state index contributed by atoms with van der Waals surface area (Å²) in [6.45, 7) is 2.07. The normalized spacial score (nSPS) is 20.9. The van der Waals surface area contributed by atoms with Crippen molar-refractivity contribution >= 4 is 16.2 Å². The number of piperidine rings is 1. The number of hydrogen-bond acceptors (Lipinski definition) is 5. The predicted molar refractivity (Wildman–Crippen MR) is 68.9 cm³/mol. The lowest BCUT2D eigenvalue weighted by molar-refractivity contribution is -0.142. The van der Waals surface area contributed by atoms with E-state index in [9.17, 15) is 13.2 Å². The van der Waals surface area contributed by atoms with Gasteiger partial charge in [0.15, 0.2) is 0 Å². The molecule has 9 heteroatoms. The van der Waals surface area contributed by atoms with E-state index in [4.69, 9.17) is 9.63 Å². The summed E-state index contributed by atoms with van der Waals surface area (Å²) in [5.41, 5.74) is 0.484. The molecular formula is C11H17N3O5S. The fourth-order valence-electron chi connectivity index (χ4n) is 2.12. The van der Waals surface area contributed by atoms with Gasteiger partial charge in [0.1, 0.15) is 5.76 Å². The molecule has 1 aliphatic heterocycles. The van der Waals surface area contributed by atoms with Gasteiger partial charge in [-0.1, -0.05) is 5.16 Å². The first kappa shape index (κ1) is 14.9. The molecule has 1 aromatic heterocycles. The van der Waals surface area contributed by atoms with Crippen molar-refractivity contribution in [2.75, 3.05) is 13.1 Å². The summed E-state index contributed by atoms with van der Waals surface area (Å²) < 4.78 is 32.6. The third-order valence-electron chi connectivity index (χ3n) is 3.19. The van der Waals surface area contributed by atoms with E-state index >= 15 is 0 Å². The minimum absolute atomic E-state index is 0.00249. The van der Waals surface area contributed by atoms with Crippen LogP contribution in [0.3, 0.4) is 0 Å². The molecule has 0 saturated carbocycles. The average molecular weight is 303 g/mol. The number of hydrogen-bond donors (Lipinski definition) is 2. The SMILES string of the molecule is Cc1cc(CNS(=O)(=O)N2CCCC(C(=O)O)C2)no1. The maximum atomic E-state index is 12.1. The van der Waals surface area contributed by atoms with Crippen molar-refractivity contribution in [2.45, 2.75) is 26.3 Å². The number of carboxylic acids is 1. The lowest BCUT2D eigenvalue weighted by atomic mass is 10.0. The van der Waals surface area contributed by atoms with Gasteiger partial charge in [-0.2, -0.15) is 17.4 Å². The van der Waals surface area contributed by atoms with Crippen molar-refractivity contribution < 1.29 is 22.8 Å². The number of aliphatic carboxylic acids is 1. The van der Waals surface area contributed by atoms with Gasteiger partial charge in [0, 0.05) is 19.2 Å². The van der Waals surface area contributed by atoms with E-state index < -0.39 is 22.1 Å². The van der Waals surface area contributed by atoms with Gasteiger partial charge in [-0.3, -0.25) is 4.79 Å². The zero-order valence-electron chi connectivity index (χ0n) is 11.1. The first-order chi connectivity index (χ1) is 9.38. The number of aryl methyl sites for hydroxylation is 1. The lowest BCUT2D eigenvalue weighted by Gasteiger charge is -2.29. The standard InChI is InChI=1S/C11H17N3O5S/c1-8-5-10(13-19-8)6-12-20(17,18)14-4-2-3-9(7-14)11(15)16/h5,9,12H,2-4,6-7H2,1H3,(H,15,16). The molecule has 0 spiro atoms. The minimum Gasteiger partial charge on any atom is -0.481 e. The number of rotatable bonds is 5. The topological polar surface area (TPSA) is 113 Å². The molecule has 2 rings (SSSR count). The van der Waals surface area contributed by atoms with Crippen molar-refractivity contribution in [2.24, 2.45) is 5.92 Å². The Labute approximate surface area is 116 Å². The molecule has 1 atom stereocenters. The summed E-state index contributed by atoms with van der Waals surface area (Å²) in [7, 11) is -3.70. The monoisotopic (exact) mass is 303 g/mol. The molecule has 2 heterocycles. The van der Waals surface area contributed by atoms with Gasteiger partial charge in [-0.15, -0.1) is 0 Å². The molecule has 1 unspecified atom stereocenters.